The van der Waals surface area contributed by atoms with Crippen LogP contribution in [0.15, 0.2) is 24.3 Å². The van der Waals surface area contributed by atoms with Crippen molar-refractivity contribution in [3.05, 3.63) is 35.4 Å². The van der Waals surface area contributed by atoms with Crippen LogP contribution < -0.4 is 5.32 Å². The molecule has 0 aromatic heterocycles. The predicted molar refractivity (Wildman–Crippen MR) is 76.1 cm³/mol. The maximum Gasteiger partial charge on any atom is 0.337 e. The topological polar surface area (TPSA) is 92.7 Å². The summed E-state index contributed by atoms with van der Waals surface area (Å²) >= 11 is 0. The summed E-state index contributed by atoms with van der Waals surface area (Å²) in [5.41, 5.74) is 0.452. The first-order valence-electron chi connectivity index (χ1n) is 6.62. The van der Waals surface area contributed by atoms with E-state index < -0.39 is 23.9 Å². The van der Waals surface area contributed by atoms with Gasteiger partial charge in [0.25, 0.3) is 5.91 Å². The summed E-state index contributed by atoms with van der Waals surface area (Å²) in [5.74, 6) is -2.37. The summed E-state index contributed by atoms with van der Waals surface area (Å²) in [4.78, 5) is 34.7. The largest absolute Gasteiger partial charge is 0.480 e. The van der Waals surface area contributed by atoms with Crippen LogP contribution >= 0.6 is 0 Å². The molecule has 1 amide bonds. The van der Waals surface area contributed by atoms with Gasteiger partial charge in [-0.2, -0.15) is 0 Å². The van der Waals surface area contributed by atoms with Crippen molar-refractivity contribution in [1.82, 2.24) is 5.32 Å². The van der Waals surface area contributed by atoms with Crippen molar-refractivity contribution >= 4 is 17.8 Å². The second-order valence-electron chi connectivity index (χ2n) is 4.75. The van der Waals surface area contributed by atoms with Gasteiger partial charge in [-0.1, -0.05) is 26.3 Å². The van der Waals surface area contributed by atoms with Crippen LogP contribution in [0.5, 0.6) is 0 Å². The van der Waals surface area contributed by atoms with Gasteiger partial charge >= 0.3 is 11.9 Å². The molecule has 0 radical (unpaired) electrons. The van der Waals surface area contributed by atoms with Gasteiger partial charge in [0.1, 0.15) is 6.04 Å². The first kappa shape index (κ1) is 16.7. The lowest BCUT2D eigenvalue weighted by Gasteiger charge is -2.20. The van der Waals surface area contributed by atoms with E-state index in [-0.39, 0.29) is 17.0 Å². The normalized spacial score (nSPS) is 13.1. The Hall–Kier alpha value is -2.37. The summed E-state index contributed by atoms with van der Waals surface area (Å²) in [6.07, 6.45) is 0.624. The minimum Gasteiger partial charge on any atom is -0.480 e. The maximum atomic E-state index is 12.1. The van der Waals surface area contributed by atoms with Crippen molar-refractivity contribution < 1.29 is 24.2 Å². The van der Waals surface area contributed by atoms with E-state index in [1.54, 1.807) is 13.0 Å². The number of nitrogens with one attached hydrogen (secondary N) is 1. The molecule has 21 heavy (non-hydrogen) atoms. The Bertz CT molecular complexity index is 541. The van der Waals surface area contributed by atoms with E-state index in [2.05, 4.69) is 10.1 Å². The molecule has 0 fully saturated rings. The van der Waals surface area contributed by atoms with Crippen molar-refractivity contribution in [2.45, 2.75) is 26.3 Å². The fourth-order valence-electron chi connectivity index (χ4n) is 1.81. The molecule has 6 nitrogen and oxygen atoms in total. The lowest BCUT2D eigenvalue weighted by Crippen LogP contribution is -2.45. The van der Waals surface area contributed by atoms with Crippen LogP contribution in [0.2, 0.25) is 0 Å². The van der Waals surface area contributed by atoms with Crippen molar-refractivity contribution in [3.63, 3.8) is 0 Å². The van der Waals surface area contributed by atoms with Crippen LogP contribution in [0.1, 0.15) is 41.0 Å². The molecule has 114 valence electrons. The van der Waals surface area contributed by atoms with Crippen LogP contribution in [-0.4, -0.2) is 36.1 Å². The molecule has 0 unspecified atom stereocenters. The number of carboxylic acid groups (broad SMARTS) is 1. The summed E-state index contributed by atoms with van der Waals surface area (Å²) in [7, 11) is 1.25. The highest BCUT2D eigenvalue weighted by Gasteiger charge is 2.25. The van der Waals surface area contributed by atoms with Crippen molar-refractivity contribution in [1.29, 1.82) is 0 Å². The Morgan fingerprint density at radius 1 is 1.29 bits per heavy atom. The standard InChI is InChI=1S/C15H19NO5/c1-4-9(2)12(14(18)19)16-13(17)10-6-5-7-11(8-10)15(20)21-3/h5-9,12H,4H2,1-3H3,(H,16,17)(H,18,19)/t9-,12-/m0/s1. The van der Waals surface area contributed by atoms with Gasteiger partial charge in [0.05, 0.1) is 12.7 Å². The number of methoxy groups -OCH3 is 1. The van der Waals surface area contributed by atoms with Gasteiger partial charge in [-0.05, 0) is 24.1 Å². The summed E-state index contributed by atoms with van der Waals surface area (Å²) in [6, 6.07) is 4.98. The van der Waals surface area contributed by atoms with Crippen LogP contribution in [0.25, 0.3) is 0 Å². The lowest BCUT2D eigenvalue weighted by atomic mass is 9.99. The highest BCUT2D eigenvalue weighted by atomic mass is 16.5. The van der Waals surface area contributed by atoms with Crippen LogP contribution in [0, 0.1) is 5.92 Å². The Kier molecular flexibility index (Phi) is 5.90. The van der Waals surface area contributed by atoms with Gasteiger partial charge in [0.2, 0.25) is 0 Å². The third-order valence-electron chi connectivity index (χ3n) is 3.31. The number of carbonyl (C=O) groups excluding carboxylic acids is 2. The zero-order chi connectivity index (χ0) is 16.0. The van der Waals surface area contributed by atoms with E-state index in [0.717, 1.165) is 0 Å². The Labute approximate surface area is 123 Å². The van der Waals surface area contributed by atoms with Crippen LogP contribution in [0.3, 0.4) is 0 Å². The zero-order valence-electron chi connectivity index (χ0n) is 12.3. The van der Waals surface area contributed by atoms with E-state index >= 15 is 0 Å². The molecule has 0 bridgehead atoms. The molecule has 1 aromatic rings. The zero-order valence-corrected chi connectivity index (χ0v) is 12.3. The second kappa shape index (κ2) is 7.42. The van der Waals surface area contributed by atoms with Crippen molar-refractivity contribution in [2.75, 3.05) is 7.11 Å². The highest BCUT2D eigenvalue weighted by molar-refractivity contribution is 5.99. The number of carboxylic acids is 1. The van der Waals surface area contributed by atoms with E-state index in [4.69, 9.17) is 5.11 Å². The summed E-state index contributed by atoms with van der Waals surface area (Å²) in [5, 5.41) is 11.6. The number of hydrogen-bond acceptors (Lipinski definition) is 4. The SMILES string of the molecule is CC[C@H](C)[C@H](NC(=O)c1cccc(C(=O)OC)c1)C(=O)O. The highest BCUT2D eigenvalue weighted by Crippen LogP contribution is 2.11. The smallest absolute Gasteiger partial charge is 0.337 e. The molecule has 0 aliphatic heterocycles. The molecule has 1 aromatic carbocycles. The maximum absolute atomic E-state index is 12.1. The van der Waals surface area contributed by atoms with Gasteiger partial charge in [-0.3, -0.25) is 4.79 Å². The fraction of sp³-hybridized carbons (Fsp3) is 0.400. The molecule has 1 rings (SSSR count). The van der Waals surface area contributed by atoms with Gasteiger partial charge in [-0.25, -0.2) is 9.59 Å². The molecule has 6 heteroatoms. The second-order valence-corrected chi connectivity index (χ2v) is 4.75. The van der Waals surface area contributed by atoms with Crippen molar-refractivity contribution in [3.8, 4) is 0 Å². The van der Waals surface area contributed by atoms with Crippen LogP contribution in [-0.2, 0) is 9.53 Å². The third-order valence-corrected chi connectivity index (χ3v) is 3.31. The van der Waals surface area contributed by atoms with E-state index in [1.807, 2.05) is 6.92 Å². The molecule has 0 aliphatic rings. The van der Waals surface area contributed by atoms with Gasteiger partial charge < -0.3 is 15.2 Å². The van der Waals surface area contributed by atoms with Gasteiger partial charge in [0, 0.05) is 5.56 Å². The van der Waals surface area contributed by atoms with Gasteiger partial charge in [0.15, 0.2) is 0 Å². The molecule has 0 heterocycles. The lowest BCUT2D eigenvalue weighted by molar-refractivity contribution is -0.140. The number of hydrogen-bond donors (Lipinski definition) is 2. The number of esters is 1. The Balaban J connectivity index is 2.93. The summed E-state index contributed by atoms with van der Waals surface area (Å²) in [6.45, 7) is 3.61. The molecule has 2 N–H and O–H groups in total. The van der Waals surface area contributed by atoms with Crippen molar-refractivity contribution in [2.24, 2.45) is 5.92 Å². The Morgan fingerprint density at radius 3 is 2.43 bits per heavy atom. The van der Waals surface area contributed by atoms with E-state index in [9.17, 15) is 14.4 Å². The van der Waals surface area contributed by atoms with E-state index in [1.165, 1.54) is 25.3 Å². The number of ether oxygens (including phenoxy) is 1. The number of aliphatic carboxylic acids is 1. The van der Waals surface area contributed by atoms with Crippen LogP contribution in [0.4, 0.5) is 0 Å². The first-order valence-corrected chi connectivity index (χ1v) is 6.62. The number of carbonyl (C=O) groups is 3. The predicted octanol–water partition coefficient (Wildman–Crippen LogP) is 1.70. The molecular weight excluding hydrogens is 274 g/mol. The molecule has 0 spiro atoms. The molecule has 2 atom stereocenters. The van der Waals surface area contributed by atoms with Gasteiger partial charge in [-0.15, -0.1) is 0 Å². The molecule has 0 saturated carbocycles. The first-order chi connectivity index (χ1) is 9.90. The minimum atomic E-state index is -1.08. The minimum absolute atomic E-state index is 0.199. The Morgan fingerprint density at radius 2 is 1.90 bits per heavy atom. The van der Waals surface area contributed by atoms with E-state index in [0.29, 0.717) is 6.42 Å². The monoisotopic (exact) mass is 293 g/mol. The number of amides is 1. The number of rotatable bonds is 6. The molecular formula is C15H19NO5. The third kappa shape index (κ3) is 4.30. The fourth-order valence-corrected chi connectivity index (χ4v) is 1.81. The average molecular weight is 293 g/mol. The molecule has 0 saturated heterocycles. The number of benzene rings is 1. The summed E-state index contributed by atoms with van der Waals surface area (Å²) < 4.78 is 4.58. The quantitative estimate of drug-likeness (QED) is 0.779. The molecule has 0 aliphatic carbocycles. The average Bonchev–Trinajstić information content (AvgIpc) is 2.50.